The van der Waals surface area contributed by atoms with Crippen LogP contribution in [0.2, 0.25) is 0 Å². The highest BCUT2D eigenvalue weighted by Crippen LogP contribution is 2.35. The Morgan fingerprint density at radius 3 is 2.61 bits per heavy atom. The Bertz CT molecular complexity index is 1300. The van der Waals surface area contributed by atoms with Crippen molar-refractivity contribution in [3.63, 3.8) is 0 Å². The van der Waals surface area contributed by atoms with Gasteiger partial charge in [-0.1, -0.05) is 29.4 Å². The van der Waals surface area contributed by atoms with Gasteiger partial charge < -0.3 is 19.3 Å². The fraction of sp³-hybridized carbons (Fsp3) is 0.136. The SMILES string of the molecule is COc1cc(C(=O)Nc2ccccc2Cc2nc(-c3cccs3)no2)c([N+](=O)[O-])cc1OC. The van der Waals surface area contributed by atoms with Crippen LogP contribution in [0.15, 0.2) is 58.4 Å². The summed E-state index contributed by atoms with van der Waals surface area (Å²) in [4.78, 5) is 29.2. The van der Waals surface area contributed by atoms with E-state index >= 15 is 0 Å². The number of nitrogens with zero attached hydrogens (tertiary/aromatic N) is 3. The predicted molar refractivity (Wildman–Crippen MR) is 121 cm³/mol. The van der Waals surface area contributed by atoms with E-state index in [1.165, 1.54) is 31.6 Å². The maximum Gasteiger partial charge on any atom is 0.286 e. The molecule has 1 amide bonds. The number of anilines is 1. The van der Waals surface area contributed by atoms with Gasteiger partial charge >= 0.3 is 0 Å². The van der Waals surface area contributed by atoms with Crippen molar-refractivity contribution in [1.82, 2.24) is 10.1 Å². The maximum absolute atomic E-state index is 13.0. The normalized spacial score (nSPS) is 10.6. The summed E-state index contributed by atoms with van der Waals surface area (Å²) in [5.74, 6) is 0.548. The number of ether oxygens (including phenoxy) is 2. The number of rotatable bonds is 8. The lowest BCUT2D eigenvalue weighted by atomic mass is 10.1. The van der Waals surface area contributed by atoms with E-state index in [9.17, 15) is 14.9 Å². The number of nitro benzene ring substituents is 1. The van der Waals surface area contributed by atoms with Crippen LogP contribution in [0.5, 0.6) is 11.5 Å². The zero-order chi connectivity index (χ0) is 23.4. The molecule has 11 heteroatoms. The first-order valence-corrected chi connectivity index (χ1v) is 10.5. The van der Waals surface area contributed by atoms with Crippen LogP contribution < -0.4 is 14.8 Å². The number of benzene rings is 2. The first-order chi connectivity index (χ1) is 16.0. The summed E-state index contributed by atoms with van der Waals surface area (Å²) in [6.45, 7) is 0. The van der Waals surface area contributed by atoms with E-state index < -0.39 is 16.5 Å². The minimum Gasteiger partial charge on any atom is -0.493 e. The molecule has 0 aliphatic rings. The third kappa shape index (κ3) is 4.67. The molecule has 0 saturated heterocycles. The molecule has 2 aromatic heterocycles. The van der Waals surface area contributed by atoms with Crippen molar-refractivity contribution in [2.45, 2.75) is 6.42 Å². The fourth-order valence-electron chi connectivity index (χ4n) is 3.18. The number of thiophene rings is 1. The summed E-state index contributed by atoms with van der Waals surface area (Å²) in [6, 6.07) is 13.3. The van der Waals surface area contributed by atoms with Crippen molar-refractivity contribution in [1.29, 1.82) is 0 Å². The molecule has 0 saturated carbocycles. The van der Waals surface area contributed by atoms with Gasteiger partial charge in [0.25, 0.3) is 11.6 Å². The van der Waals surface area contributed by atoms with Gasteiger partial charge in [-0.15, -0.1) is 11.3 Å². The molecular weight excluding hydrogens is 448 g/mol. The van der Waals surface area contributed by atoms with Crippen molar-refractivity contribution in [2.75, 3.05) is 19.5 Å². The van der Waals surface area contributed by atoms with E-state index in [-0.39, 0.29) is 23.5 Å². The molecule has 33 heavy (non-hydrogen) atoms. The van der Waals surface area contributed by atoms with E-state index in [2.05, 4.69) is 15.5 Å². The standard InChI is InChI=1S/C22H18N4O6S/c1-30-17-11-14(16(26(28)29)12-18(17)31-2)22(27)23-15-7-4-3-6-13(15)10-20-24-21(25-32-20)19-8-5-9-33-19/h3-9,11-12H,10H2,1-2H3,(H,23,27). The van der Waals surface area contributed by atoms with Crippen LogP contribution in [-0.2, 0) is 6.42 Å². The zero-order valence-electron chi connectivity index (χ0n) is 17.6. The fourth-order valence-corrected chi connectivity index (χ4v) is 3.83. The number of hydrogen-bond acceptors (Lipinski definition) is 9. The number of amides is 1. The molecule has 168 valence electrons. The van der Waals surface area contributed by atoms with Crippen molar-refractivity contribution < 1.29 is 23.7 Å². The quantitative estimate of drug-likeness (QED) is 0.295. The van der Waals surface area contributed by atoms with Crippen LogP contribution in [0.1, 0.15) is 21.8 Å². The van der Waals surface area contributed by atoms with Gasteiger partial charge in [0.1, 0.15) is 5.56 Å². The van der Waals surface area contributed by atoms with Crippen LogP contribution in [0.4, 0.5) is 11.4 Å². The molecule has 0 spiro atoms. The molecule has 1 N–H and O–H groups in total. The van der Waals surface area contributed by atoms with Gasteiger partial charge in [0.2, 0.25) is 11.7 Å². The minimum atomic E-state index is -0.667. The molecule has 4 aromatic rings. The maximum atomic E-state index is 13.0. The Hall–Kier alpha value is -4.25. The van der Waals surface area contributed by atoms with E-state index in [4.69, 9.17) is 14.0 Å². The second-order valence-electron chi connectivity index (χ2n) is 6.76. The van der Waals surface area contributed by atoms with E-state index in [0.29, 0.717) is 23.0 Å². The van der Waals surface area contributed by atoms with Crippen molar-refractivity contribution in [3.8, 4) is 22.2 Å². The summed E-state index contributed by atoms with van der Waals surface area (Å²) in [7, 11) is 2.74. The summed E-state index contributed by atoms with van der Waals surface area (Å²) in [5.41, 5.74) is 0.600. The van der Waals surface area contributed by atoms with Gasteiger partial charge in [-0.05, 0) is 23.1 Å². The Labute approximate surface area is 191 Å². The highest BCUT2D eigenvalue weighted by atomic mass is 32.1. The highest BCUT2D eigenvalue weighted by Gasteiger charge is 2.25. The van der Waals surface area contributed by atoms with Gasteiger partial charge in [0, 0.05) is 11.8 Å². The molecule has 2 aromatic carbocycles. The molecule has 0 aliphatic heterocycles. The molecular formula is C22H18N4O6S. The van der Waals surface area contributed by atoms with Gasteiger partial charge in [0.05, 0.1) is 36.5 Å². The van der Waals surface area contributed by atoms with Gasteiger partial charge in [0.15, 0.2) is 11.5 Å². The Morgan fingerprint density at radius 2 is 1.91 bits per heavy atom. The molecule has 0 radical (unpaired) electrons. The number of hydrogen-bond donors (Lipinski definition) is 1. The minimum absolute atomic E-state index is 0.152. The summed E-state index contributed by atoms with van der Waals surface area (Å²) < 4.78 is 15.7. The molecule has 0 bridgehead atoms. The number of nitrogens with one attached hydrogen (secondary N) is 1. The second-order valence-corrected chi connectivity index (χ2v) is 7.71. The topological polar surface area (TPSA) is 130 Å². The van der Waals surface area contributed by atoms with Gasteiger partial charge in [-0.3, -0.25) is 14.9 Å². The van der Waals surface area contributed by atoms with E-state index in [1.54, 1.807) is 24.3 Å². The smallest absolute Gasteiger partial charge is 0.286 e. The average molecular weight is 466 g/mol. The molecule has 0 unspecified atom stereocenters. The number of carbonyl (C=O) groups excluding carboxylic acids is 1. The Balaban J connectivity index is 1.61. The number of carbonyl (C=O) groups is 1. The van der Waals surface area contributed by atoms with Crippen LogP contribution in [0.3, 0.4) is 0 Å². The molecule has 4 rings (SSSR count). The van der Waals surface area contributed by atoms with Crippen molar-refractivity contribution >= 4 is 28.6 Å². The average Bonchev–Trinajstić information content (AvgIpc) is 3.51. The molecule has 0 atom stereocenters. The number of methoxy groups -OCH3 is 2. The van der Waals surface area contributed by atoms with Crippen molar-refractivity contribution in [3.05, 3.63) is 81.0 Å². The van der Waals surface area contributed by atoms with Crippen LogP contribution in [0, 0.1) is 10.1 Å². The lowest BCUT2D eigenvalue weighted by molar-refractivity contribution is -0.385. The highest BCUT2D eigenvalue weighted by molar-refractivity contribution is 7.13. The second kappa shape index (κ2) is 9.49. The molecule has 2 heterocycles. The largest absolute Gasteiger partial charge is 0.493 e. The van der Waals surface area contributed by atoms with Crippen LogP contribution in [-0.4, -0.2) is 35.2 Å². The molecule has 0 aliphatic carbocycles. The van der Waals surface area contributed by atoms with Crippen molar-refractivity contribution in [2.24, 2.45) is 0 Å². The van der Waals surface area contributed by atoms with E-state index in [1.807, 2.05) is 17.5 Å². The number of aromatic nitrogens is 2. The van der Waals surface area contributed by atoms with Crippen LogP contribution in [0.25, 0.3) is 10.7 Å². The van der Waals surface area contributed by atoms with Gasteiger partial charge in [-0.25, -0.2) is 0 Å². The Morgan fingerprint density at radius 1 is 1.15 bits per heavy atom. The monoisotopic (exact) mass is 466 g/mol. The molecule has 0 fully saturated rings. The first kappa shape index (κ1) is 22.0. The lowest BCUT2D eigenvalue weighted by Gasteiger charge is -2.12. The number of para-hydroxylation sites is 1. The predicted octanol–water partition coefficient (Wildman–Crippen LogP) is 4.57. The number of nitro groups is 1. The lowest BCUT2D eigenvalue weighted by Crippen LogP contribution is -2.15. The first-order valence-electron chi connectivity index (χ1n) is 9.66. The summed E-state index contributed by atoms with van der Waals surface area (Å²) in [5, 5.41) is 20.2. The summed E-state index contributed by atoms with van der Waals surface area (Å²) >= 11 is 1.50. The third-order valence-corrected chi connectivity index (χ3v) is 5.63. The Kier molecular flexibility index (Phi) is 6.31. The molecule has 10 nitrogen and oxygen atoms in total. The van der Waals surface area contributed by atoms with Gasteiger partial charge in [-0.2, -0.15) is 4.98 Å². The third-order valence-electron chi connectivity index (χ3n) is 4.76. The summed E-state index contributed by atoms with van der Waals surface area (Å²) in [6.07, 6.45) is 0.267. The van der Waals surface area contributed by atoms with E-state index in [0.717, 1.165) is 10.9 Å². The van der Waals surface area contributed by atoms with Crippen LogP contribution >= 0.6 is 11.3 Å². The zero-order valence-corrected chi connectivity index (χ0v) is 18.4.